The van der Waals surface area contributed by atoms with Crippen LogP contribution in [0.1, 0.15) is 10.4 Å². The second-order valence-corrected chi connectivity index (χ2v) is 4.89. The third kappa shape index (κ3) is 4.69. The Morgan fingerprint density at radius 2 is 2.00 bits per heavy atom. The van der Waals surface area contributed by atoms with Gasteiger partial charge in [-0.15, -0.1) is 0 Å². The van der Waals surface area contributed by atoms with Crippen molar-refractivity contribution in [3.63, 3.8) is 0 Å². The number of hydrogen-bond acceptors (Lipinski definition) is 4. The lowest BCUT2D eigenvalue weighted by atomic mass is 10.2. The lowest BCUT2D eigenvalue weighted by Gasteiger charge is -2.09. The maximum atomic E-state index is 13.0. The fraction of sp³-hybridized carbons (Fsp3) is 0.125. The van der Waals surface area contributed by atoms with E-state index in [0.717, 1.165) is 6.07 Å². The van der Waals surface area contributed by atoms with Crippen molar-refractivity contribution >= 4 is 29.2 Å². The summed E-state index contributed by atoms with van der Waals surface area (Å²) in [4.78, 5) is 23.2. The number of anilines is 1. The van der Waals surface area contributed by atoms with E-state index < -0.39 is 17.7 Å². The van der Waals surface area contributed by atoms with Gasteiger partial charge in [-0.05, 0) is 30.3 Å². The van der Waals surface area contributed by atoms with Crippen LogP contribution in [0.3, 0.4) is 0 Å². The van der Waals surface area contributed by atoms with Crippen LogP contribution in [0.2, 0.25) is 5.02 Å². The number of esters is 1. The van der Waals surface area contributed by atoms with Gasteiger partial charge in [0.05, 0.1) is 17.7 Å². The number of amides is 1. The monoisotopic (exact) mass is 337 g/mol. The summed E-state index contributed by atoms with van der Waals surface area (Å²) in [5, 5.41) is 2.49. The summed E-state index contributed by atoms with van der Waals surface area (Å²) >= 11 is 5.62. The van der Waals surface area contributed by atoms with Crippen LogP contribution >= 0.6 is 11.6 Å². The van der Waals surface area contributed by atoms with E-state index >= 15 is 0 Å². The van der Waals surface area contributed by atoms with Gasteiger partial charge in [-0.1, -0.05) is 17.7 Å². The Morgan fingerprint density at radius 1 is 1.22 bits per heavy atom. The van der Waals surface area contributed by atoms with E-state index in [4.69, 9.17) is 16.3 Å². The molecule has 0 fully saturated rings. The summed E-state index contributed by atoms with van der Waals surface area (Å²) in [7, 11) is 1.27. The number of rotatable bonds is 5. The maximum Gasteiger partial charge on any atom is 0.337 e. The minimum Gasteiger partial charge on any atom is -0.484 e. The second kappa shape index (κ2) is 7.60. The highest BCUT2D eigenvalue weighted by molar-refractivity contribution is 6.30. The number of methoxy groups -OCH3 is 1. The number of carbonyl (C=O) groups excluding carboxylic acids is 2. The normalized spacial score (nSPS) is 10.0. The Bertz CT molecular complexity index is 736. The minimum atomic E-state index is -0.567. The van der Waals surface area contributed by atoms with Crippen LogP contribution in [0.15, 0.2) is 42.5 Å². The van der Waals surface area contributed by atoms with E-state index in [1.807, 2.05) is 0 Å². The van der Waals surface area contributed by atoms with E-state index in [1.165, 1.54) is 25.3 Å². The smallest absolute Gasteiger partial charge is 0.337 e. The quantitative estimate of drug-likeness (QED) is 0.850. The summed E-state index contributed by atoms with van der Waals surface area (Å²) < 4.78 is 22.8. The molecule has 23 heavy (non-hydrogen) atoms. The van der Waals surface area contributed by atoms with E-state index in [-0.39, 0.29) is 17.4 Å². The van der Waals surface area contributed by atoms with Crippen LogP contribution < -0.4 is 10.1 Å². The topological polar surface area (TPSA) is 64.6 Å². The number of ether oxygens (including phenoxy) is 2. The van der Waals surface area contributed by atoms with Gasteiger partial charge in [0.2, 0.25) is 0 Å². The van der Waals surface area contributed by atoms with Gasteiger partial charge in [0.25, 0.3) is 5.91 Å². The summed E-state index contributed by atoms with van der Waals surface area (Å²) in [6, 6.07) is 10.1. The Balaban J connectivity index is 1.94. The fourth-order valence-corrected chi connectivity index (χ4v) is 1.92. The minimum absolute atomic E-state index is 0.0892. The van der Waals surface area contributed by atoms with Crippen molar-refractivity contribution in [2.24, 2.45) is 0 Å². The second-order valence-electron chi connectivity index (χ2n) is 4.49. The molecule has 1 amide bonds. The zero-order chi connectivity index (χ0) is 16.8. The molecule has 0 bridgehead atoms. The van der Waals surface area contributed by atoms with E-state index in [9.17, 15) is 14.0 Å². The molecule has 2 rings (SSSR count). The Labute approximate surface area is 137 Å². The average Bonchev–Trinajstić information content (AvgIpc) is 2.55. The number of hydrogen-bond donors (Lipinski definition) is 1. The third-order valence-corrected chi connectivity index (χ3v) is 3.12. The van der Waals surface area contributed by atoms with Gasteiger partial charge in [-0.2, -0.15) is 0 Å². The third-order valence-electron chi connectivity index (χ3n) is 2.83. The number of halogens is 2. The van der Waals surface area contributed by atoms with Gasteiger partial charge in [-0.3, -0.25) is 4.79 Å². The molecule has 0 spiro atoms. The molecular weight excluding hydrogens is 325 g/mol. The van der Waals surface area contributed by atoms with E-state index in [2.05, 4.69) is 10.1 Å². The molecule has 0 heterocycles. The first kappa shape index (κ1) is 16.8. The first-order valence-electron chi connectivity index (χ1n) is 6.55. The number of nitrogens with one attached hydrogen (secondary N) is 1. The first-order chi connectivity index (χ1) is 11.0. The van der Waals surface area contributed by atoms with Crippen molar-refractivity contribution in [3.05, 3.63) is 58.9 Å². The van der Waals surface area contributed by atoms with Crippen LogP contribution in [0.4, 0.5) is 10.1 Å². The molecular formula is C16H13ClFNO4. The molecule has 0 saturated heterocycles. The van der Waals surface area contributed by atoms with Crippen LogP contribution in [-0.2, 0) is 9.53 Å². The number of carbonyl (C=O) groups is 2. The first-order valence-corrected chi connectivity index (χ1v) is 6.93. The molecule has 2 aromatic rings. The van der Waals surface area contributed by atoms with Gasteiger partial charge in [0, 0.05) is 11.8 Å². The molecule has 0 atom stereocenters. The van der Waals surface area contributed by atoms with Gasteiger partial charge in [-0.25, -0.2) is 9.18 Å². The van der Waals surface area contributed by atoms with E-state index in [0.29, 0.717) is 11.3 Å². The SMILES string of the molecule is COC(=O)c1cccc(NC(=O)COc2ccc(F)c(Cl)c2)c1. The summed E-state index contributed by atoms with van der Waals surface area (Å²) in [6.07, 6.45) is 0. The zero-order valence-electron chi connectivity index (χ0n) is 12.1. The maximum absolute atomic E-state index is 13.0. The summed E-state index contributed by atoms with van der Waals surface area (Å²) in [5.74, 6) is -1.23. The largest absolute Gasteiger partial charge is 0.484 e. The van der Waals surface area contributed by atoms with Crippen molar-refractivity contribution < 1.29 is 23.5 Å². The van der Waals surface area contributed by atoms with Crippen molar-refractivity contribution in [1.82, 2.24) is 0 Å². The summed E-state index contributed by atoms with van der Waals surface area (Å²) in [5.41, 5.74) is 0.746. The molecule has 0 aliphatic carbocycles. The van der Waals surface area contributed by atoms with Gasteiger partial charge in [0.15, 0.2) is 6.61 Å². The molecule has 7 heteroatoms. The van der Waals surface area contributed by atoms with Crippen molar-refractivity contribution in [2.75, 3.05) is 19.0 Å². The molecule has 0 radical (unpaired) electrons. The molecule has 0 unspecified atom stereocenters. The van der Waals surface area contributed by atoms with Crippen LogP contribution in [-0.4, -0.2) is 25.6 Å². The highest BCUT2D eigenvalue weighted by Gasteiger charge is 2.09. The van der Waals surface area contributed by atoms with Gasteiger partial charge >= 0.3 is 5.97 Å². The summed E-state index contributed by atoms with van der Waals surface area (Å²) in [6.45, 7) is -0.287. The molecule has 0 saturated carbocycles. The van der Waals surface area contributed by atoms with Crippen molar-refractivity contribution in [1.29, 1.82) is 0 Å². The van der Waals surface area contributed by atoms with Crippen molar-refractivity contribution in [3.8, 4) is 5.75 Å². The molecule has 2 aromatic carbocycles. The van der Waals surface area contributed by atoms with Crippen LogP contribution in [0.5, 0.6) is 5.75 Å². The fourth-order valence-electron chi connectivity index (χ4n) is 1.75. The van der Waals surface area contributed by atoms with Crippen LogP contribution in [0, 0.1) is 5.82 Å². The Kier molecular flexibility index (Phi) is 5.54. The molecule has 0 aliphatic heterocycles. The van der Waals surface area contributed by atoms with E-state index in [1.54, 1.807) is 18.2 Å². The van der Waals surface area contributed by atoms with Gasteiger partial charge in [0.1, 0.15) is 11.6 Å². The average molecular weight is 338 g/mol. The predicted octanol–water partition coefficient (Wildman–Crippen LogP) is 3.28. The Hall–Kier alpha value is -2.60. The molecule has 1 N–H and O–H groups in total. The van der Waals surface area contributed by atoms with Crippen LogP contribution in [0.25, 0.3) is 0 Å². The lowest BCUT2D eigenvalue weighted by Crippen LogP contribution is -2.20. The van der Waals surface area contributed by atoms with Gasteiger partial charge < -0.3 is 14.8 Å². The zero-order valence-corrected chi connectivity index (χ0v) is 12.9. The molecule has 0 aromatic heterocycles. The Morgan fingerprint density at radius 3 is 2.70 bits per heavy atom. The molecule has 0 aliphatic rings. The molecule has 120 valence electrons. The lowest BCUT2D eigenvalue weighted by molar-refractivity contribution is -0.118. The highest BCUT2D eigenvalue weighted by Crippen LogP contribution is 2.21. The number of benzene rings is 2. The predicted molar refractivity (Wildman–Crippen MR) is 83.3 cm³/mol. The standard InChI is InChI=1S/C16H13ClFNO4/c1-22-16(21)10-3-2-4-11(7-10)19-15(20)9-23-12-5-6-14(18)13(17)8-12/h2-8H,9H2,1H3,(H,19,20). The van der Waals surface area contributed by atoms with Crippen molar-refractivity contribution in [2.45, 2.75) is 0 Å². The highest BCUT2D eigenvalue weighted by atomic mass is 35.5. The molecule has 5 nitrogen and oxygen atoms in total.